The van der Waals surface area contributed by atoms with Gasteiger partial charge in [0.1, 0.15) is 0 Å². The molecule has 2 rings (SSSR count). The number of aryl methyl sites for hydroxylation is 2. The number of rotatable bonds is 2. The van der Waals surface area contributed by atoms with Gasteiger partial charge in [0.25, 0.3) is 0 Å². The van der Waals surface area contributed by atoms with Crippen molar-refractivity contribution in [2.24, 2.45) is 5.41 Å². The number of hydrogen-bond acceptors (Lipinski definition) is 1. The van der Waals surface area contributed by atoms with Crippen LogP contribution in [-0.2, 0) is 11.2 Å². The molecule has 0 fully saturated rings. The summed E-state index contributed by atoms with van der Waals surface area (Å²) in [5.41, 5.74) is 7.29. The Bertz CT molecular complexity index is 562. The summed E-state index contributed by atoms with van der Waals surface area (Å²) in [7, 11) is 0. The monoisotopic (exact) mass is 256 g/mol. The van der Waals surface area contributed by atoms with Gasteiger partial charge in [0.2, 0.25) is 0 Å². The minimum atomic E-state index is 0.131. The van der Waals surface area contributed by atoms with Gasteiger partial charge >= 0.3 is 0 Å². The zero-order valence-electron chi connectivity index (χ0n) is 12.9. The molecule has 0 saturated carbocycles. The van der Waals surface area contributed by atoms with Crippen LogP contribution in [0.1, 0.15) is 54.5 Å². The van der Waals surface area contributed by atoms with E-state index in [0.29, 0.717) is 5.92 Å². The second-order valence-corrected chi connectivity index (χ2v) is 6.64. The Kier molecular flexibility index (Phi) is 3.42. The number of carbonyl (C=O) groups is 1. The lowest BCUT2D eigenvalue weighted by Gasteiger charge is -2.25. The molecule has 1 atom stereocenters. The number of hydrogen-bond donors (Lipinski definition) is 0. The van der Waals surface area contributed by atoms with Crippen molar-refractivity contribution >= 4 is 5.78 Å². The third-order valence-electron chi connectivity index (χ3n) is 4.54. The van der Waals surface area contributed by atoms with Gasteiger partial charge in [-0.2, -0.15) is 0 Å². The average Bonchev–Trinajstić information content (AvgIpc) is 2.55. The zero-order chi connectivity index (χ0) is 14.4. The molecule has 1 nitrogen and oxygen atoms in total. The van der Waals surface area contributed by atoms with Crippen molar-refractivity contribution in [1.29, 1.82) is 0 Å². The lowest BCUT2D eigenvalue weighted by Crippen LogP contribution is -2.16. The number of benzene rings is 1. The molecule has 1 aliphatic carbocycles. The molecule has 0 heterocycles. The second kappa shape index (κ2) is 4.63. The van der Waals surface area contributed by atoms with Crippen LogP contribution in [0.3, 0.4) is 0 Å². The van der Waals surface area contributed by atoms with Crippen molar-refractivity contribution in [2.75, 3.05) is 0 Å². The molecule has 102 valence electrons. The molecule has 0 spiro atoms. The topological polar surface area (TPSA) is 17.1 Å². The van der Waals surface area contributed by atoms with Crippen LogP contribution in [0.25, 0.3) is 0 Å². The van der Waals surface area contributed by atoms with Gasteiger partial charge in [-0.3, -0.25) is 4.79 Å². The fraction of sp³-hybridized carbons (Fsp3) is 0.500. The van der Waals surface area contributed by atoms with Crippen LogP contribution in [-0.4, -0.2) is 5.78 Å². The molecule has 0 aliphatic heterocycles. The maximum Gasteiger partial charge on any atom is 0.152 e. The van der Waals surface area contributed by atoms with Gasteiger partial charge in [-0.05, 0) is 73.4 Å². The Labute approximate surface area is 116 Å². The zero-order valence-corrected chi connectivity index (χ0v) is 12.9. The van der Waals surface area contributed by atoms with E-state index in [1.807, 2.05) is 0 Å². The van der Waals surface area contributed by atoms with Crippen LogP contribution in [0.15, 0.2) is 18.2 Å². The quantitative estimate of drug-likeness (QED) is 0.716. The third-order valence-corrected chi connectivity index (χ3v) is 4.54. The summed E-state index contributed by atoms with van der Waals surface area (Å²) in [4.78, 5) is 11.3. The third kappa shape index (κ3) is 2.39. The van der Waals surface area contributed by atoms with Gasteiger partial charge in [-0.1, -0.05) is 26.0 Å². The normalized spacial score (nSPS) is 20.8. The van der Waals surface area contributed by atoms with E-state index in [4.69, 9.17) is 0 Å². The number of allylic oxidation sites excluding steroid dienone is 2. The average molecular weight is 256 g/mol. The fourth-order valence-corrected chi connectivity index (χ4v) is 3.37. The van der Waals surface area contributed by atoms with E-state index in [0.717, 1.165) is 6.42 Å². The van der Waals surface area contributed by atoms with Crippen molar-refractivity contribution in [2.45, 2.75) is 53.9 Å². The minimum absolute atomic E-state index is 0.131. The van der Waals surface area contributed by atoms with Crippen LogP contribution in [0.4, 0.5) is 0 Å². The lowest BCUT2D eigenvalue weighted by atomic mass is 9.78. The summed E-state index contributed by atoms with van der Waals surface area (Å²) in [6, 6.07) is 2.29. The second-order valence-electron chi connectivity index (χ2n) is 6.64. The summed E-state index contributed by atoms with van der Waals surface area (Å²) >= 11 is 0. The van der Waals surface area contributed by atoms with E-state index in [1.54, 1.807) is 13.0 Å². The Morgan fingerprint density at radius 2 is 1.89 bits per heavy atom. The van der Waals surface area contributed by atoms with Crippen molar-refractivity contribution in [3.8, 4) is 0 Å². The summed E-state index contributed by atoms with van der Waals surface area (Å²) in [5, 5.41) is 0. The summed E-state index contributed by atoms with van der Waals surface area (Å²) in [5.74, 6) is 0.483. The summed E-state index contributed by atoms with van der Waals surface area (Å²) in [6.07, 6.45) is 4.95. The van der Waals surface area contributed by atoms with E-state index < -0.39 is 0 Å². The van der Waals surface area contributed by atoms with Crippen molar-refractivity contribution in [3.63, 3.8) is 0 Å². The van der Waals surface area contributed by atoms with Gasteiger partial charge in [0.15, 0.2) is 5.78 Å². The maximum atomic E-state index is 11.3. The van der Waals surface area contributed by atoms with Crippen LogP contribution in [0, 0.1) is 26.2 Å². The van der Waals surface area contributed by atoms with Crippen LogP contribution in [0.2, 0.25) is 0 Å². The Balaban J connectivity index is 2.61. The highest BCUT2D eigenvalue weighted by Gasteiger charge is 2.39. The van der Waals surface area contributed by atoms with E-state index in [2.05, 4.69) is 46.8 Å². The molecule has 1 aromatic carbocycles. The predicted octanol–water partition coefficient (Wildman–Crippen LogP) is 4.42. The van der Waals surface area contributed by atoms with E-state index in [-0.39, 0.29) is 11.2 Å². The molecular weight excluding hydrogens is 232 g/mol. The van der Waals surface area contributed by atoms with Gasteiger partial charge in [-0.25, -0.2) is 0 Å². The molecule has 1 aliphatic rings. The first-order valence-corrected chi connectivity index (χ1v) is 7.02. The molecule has 0 aromatic heterocycles. The first kappa shape index (κ1) is 14.0. The standard InChI is InChI=1S/C18H24O/c1-11-9-12(2)15-10-18(5,6)16(8-7-13(3)19)17(15)14(11)4/h7-9,16H,10H2,1-6H3. The van der Waals surface area contributed by atoms with Gasteiger partial charge < -0.3 is 0 Å². The van der Waals surface area contributed by atoms with Gasteiger partial charge in [0.05, 0.1) is 0 Å². The highest BCUT2D eigenvalue weighted by atomic mass is 16.1. The van der Waals surface area contributed by atoms with Crippen molar-refractivity contribution in [1.82, 2.24) is 0 Å². The predicted molar refractivity (Wildman–Crippen MR) is 80.7 cm³/mol. The smallest absolute Gasteiger partial charge is 0.152 e. The Hall–Kier alpha value is -1.37. The molecule has 1 heteroatoms. The van der Waals surface area contributed by atoms with Crippen molar-refractivity contribution < 1.29 is 4.79 Å². The van der Waals surface area contributed by atoms with Crippen molar-refractivity contribution in [3.05, 3.63) is 46.0 Å². The molecule has 0 radical (unpaired) electrons. The number of fused-ring (bicyclic) bond motifs is 1. The lowest BCUT2D eigenvalue weighted by molar-refractivity contribution is -0.112. The summed E-state index contributed by atoms with van der Waals surface area (Å²) < 4.78 is 0. The Morgan fingerprint density at radius 3 is 2.47 bits per heavy atom. The highest BCUT2D eigenvalue weighted by Crippen LogP contribution is 2.50. The van der Waals surface area contributed by atoms with E-state index in [1.165, 1.54) is 27.8 Å². The molecule has 1 aromatic rings. The van der Waals surface area contributed by atoms with Gasteiger partial charge in [-0.15, -0.1) is 0 Å². The van der Waals surface area contributed by atoms with E-state index >= 15 is 0 Å². The minimum Gasteiger partial charge on any atom is -0.295 e. The molecule has 0 saturated heterocycles. The van der Waals surface area contributed by atoms with Crippen LogP contribution >= 0.6 is 0 Å². The molecule has 19 heavy (non-hydrogen) atoms. The largest absolute Gasteiger partial charge is 0.295 e. The number of carbonyl (C=O) groups excluding carboxylic acids is 1. The molecular formula is C18H24O. The fourth-order valence-electron chi connectivity index (χ4n) is 3.37. The highest BCUT2D eigenvalue weighted by molar-refractivity contribution is 5.87. The Morgan fingerprint density at radius 1 is 1.26 bits per heavy atom. The van der Waals surface area contributed by atoms with Crippen LogP contribution in [0.5, 0.6) is 0 Å². The molecule has 0 N–H and O–H groups in total. The first-order chi connectivity index (χ1) is 8.74. The van der Waals surface area contributed by atoms with E-state index in [9.17, 15) is 4.79 Å². The molecule has 0 bridgehead atoms. The molecule has 0 amide bonds. The molecule has 1 unspecified atom stereocenters. The van der Waals surface area contributed by atoms with Crippen LogP contribution < -0.4 is 0 Å². The number of ketones is 1. The summed E-state index contributed by atoms with van der Waals surface area (Å²) in [6.45, 7) is 12.8. The first-order valence-electron chi connectivity index (χ1n) is 7.02. The SMILES string of the molecule is CC(=O)C=CC1c2c(C)c(C)cc(C)c2CC1(C)C. The maximum absolute atomic E-state index is 11.3. The van der Waals surface area contributed by atoms with Gasteiger partial charge in [0, 0.05) is 5.92 Å².